The SMILES string of the molecule is CCCNC(=O)c1cc(-c2ccncc2)sc1NC(=O)C12CC3CC(CC1C3)C2. The molecule has 0 aliphatic heterocycles. The number of pyridine rings is 1. The summed E-state index contributed by atoms with van der Waals surface area (Å²) >= 11 is 1.48. The zero-order valence-electron chi connectivity index (χ0n) is 16.7. The number of hydrogen-bond acceptors (Lipinski definition) is 4. The molecule has 4 aliphatic rings. The van der Waals surface area contributed by atoms with Gasteiger partial charge < -0.3 is 10.6 Å². The first kappa shape index (κ1) is 18.8. The number of nitrogens with zero attached hydrogens (tertiary/aromatic N) is 1. The van der Waals surface area contributed by atoms with Crippen LogP contribution >= 0.6 is 11.3 Å². The van der Waals surface area contributed by atoms with Crippen LogP contribution in [0.15, 0.2) is 30.6 Å². The third kappa shape index (κ3) is 3.18. The molecule has 152 valence electrons. The van der Waals surface area contributed by atoms with Gasteiger partial charge in [0.15, 0.2) is 0 Å². The molecule has 6 rings (SSSR count). The second-order valence-electron chi connectivity index (χ2n) is 9.00. The fourth-order valence-electron chi connectivity index (χ4n) is 6.04. The van der Waals surface area contributed by atoms with Gasteiger partial charge in [-0.2, -0.15) is 0 Å². The lowest BCUT2D eigenvalue weighted by molar-refractivity contribution is -0.127. The minimum atomic E-state index is -0.203. The van der Waals surface area contributed by atoms with Crippen LogP contribution in [0.1, 0.15) is 55.8 Å². The van der Waals surface area contributed by atoms with E-state index in [-0.39, 0.29) is 17.2 Å². The molecule has 4 bridgehead atoms. The molecular formula is C23H27N3O2S. The Labute approximate surface area is 175 Å². The van der Waals surface area contributed by atoms with E-state index in [1.807, 2.05) is 25.1 Å². The van der Waals surface area contributed by atoms with Gasteiger partial charge >= 0.3 is 0 Å². The third-order valence-corrected chi connectivity index (χ3v) is 8.25. The summed E-state index contributed by atoms with van der Waals surface area (Å²) in [5.74, 6) is 2.00. The second-order valence-corrected chi connectivity index (χ2v) is 10.1. The first-order valence-corrected chi connectivity index (χ1v) is 11.5. The van der Waals surface area contributed by atoms with E-state index in [4.69, 9.17) is 0 Å². The molecule has 2 unspecified atom stereocenters. The lowest BCUT2D eigenvalue weighted by Crippen LogP contribution is -2.37. The largest absolute Gasteiger partial charge is 0.352 e. The van der Waals surface area contributed by atoms with Gasteiger partial charge in [0.1, 0.15) is 5.00 Å². The molecule has 2 N–H and O–H groups in total. The van der Waals surface area contributed by atoms with Crippen LogP contribution in [-0.4, -0.2) is 23.3 Å². The van der Waals surface area contributed by atoms with Crippen LogP contribution in [-0.2, 0) is 4.79 Å². The maximum Gasteiger partial charge on any atom is 0.254 e. The predicted molar refractivity (Wildman–Crippen MR) is 115 cm³/mol. The quantitative estimate of drug-likeness (QED) is 0.725. The molecule has 2 heterocycles. The summed E-state index contributed by atoms with van der Waals surface area (Å²) in [5, 5.41) is 6.84. The van der Waals surface area contributed by atoms with Gasteiger partial charge in [0.25, 0.3) is 5.91 Å². The van der Waals surface area contributed by atoms with E-state index in [0.717, 1.165) is 41.5 Å². The van der Waals surface area contributed by atoms with Crippen LogP contribution < -0.4 is 10.6 Å². The van der Waals surface area contributed by atoms with Gasteiger partial charge in [-0.15, -0.1) is 11.3 Å². The minimum absolute atomic E-state index is 0.117. The van der Waals surface area contributed by atoms with Crippen LogP contribution in [0.4, 0.5) is 5.00 Å². The highest BCUT2D eigenvalue weighted by molar-refractivity contribution is 7.20. The van der Waals surface area contributed by atoms with Crippen molar-refractivity contribution >= 4 is 28.2 Å². The number of anilines is 1. The Morgan fingerprint density at radius 1 is 1.17 bits per heavy atom. The lowest BCUT2D eigenvalue weighted by Gasteiger charge is -2.31. The van der Waals surface area contributed by atoms with E-state index in [0.29, 0.717) is 23.0 Å². The molecule has 0 radical (unpaired) electrons. The Balaban J connectivity index is 1.44. The van der Waals surface area contributed by atoms with Gasteiger partial charge in [-0.25, -0.2) is 0 Å². The lowest BCUT2D eigenvalue weighted by atomic mass is 9.75. The molecule has 2 aromatic heterocycles. The maximum absolute atomic E-state index is 13.5. The van der Waals surface area contributed by atoms with Gasteiger partial charge in [-0.05, 0) is 80.0 Å². The molecule has 29 heavy (non-hydrogen) atoms. The first-order valence-electron chi connectivity index (χ1n) is 10.7. The standard InChI is InChI=1S/C23H27N3O2S/c1-2-5-25-20(27)18-11-19(16-3-6-24-7-4-16)29-21(18)26-22(28)23-12-14-8-15(13-23)10-17(23)9-14/h3-4,6-7,11,14-15,17H,2,5,8-10,12-13H2,1H3,(H,25,27)(H,26,28). The summed E-state index contributed by atoms with van der Waals surface area (Å²) in [5.41, 5.74) is 1.37. The van der Waals surface area contributed by atoms with E-state index in [1.54, 1.807) is 12.4 Å². The molecule has 2 amide bonds. The highest BCUT2D eigenvalue weighted by atomic mass is 32.1. The van der Waals surface area contributed by atoms with Crippen LogP contribution in [0, 0.1) is 23.2 Å². The van der Waals surface area contributed by atoms with Crippen molar-refractivity contribution in [1.29, 1.82) is 0 Å². The fourth-order valence-corrected chi connectivity index (χ4v) is 7.10. The normalized spacial score (nSPS) is 29.2. The van der Waals surface area contributed by atoms with Crippen LogP contribution in [0.5, 0.6) is 0 Å². The summed E-state index contributed by atoms with van der Waals surface area (Å²) in [6.07, 6.45) is 10.2. The zero-order valence-corrected chi connectivity index (χ0v) is 17.6. The Hall–Kier alpha value is -2.21. The van der Waals surface area contributed by atoms with Crippen molar-refractivity contribution in [2.75, 3.05) is 11.9 Å². The topological polar surface area (TPSA) is 71.1 Å². The van der Waals surface area contributed by atoms with E-state index in [9.17, 15) is 9.59 Å². The highest BCUT2D eigenvalue weighted by Crippen LogP contribution is 2.65. The zero-order chi connectivity index (χ0) is 20.0. The molecule has 4 saturated carbocycles. The summed E-state index contributed by atoms with van der Waals surface area (Å²) in [4.78, 5) is 31.3. The number of carbonyl (C=O) groups is 2. The molecule has 0 spiro atoms. The molecule has 4 aliphatic carbocycles. The Kier molecular flexibility index (Phi) is 4.69. The first-order chi connectivity index (χ1) is 14.1. The summed E-state index contributed by atoms with van der Waals surface area (Å²) in [7, 11) is 0. The van der Waals surface area contributed by atoms with Crippen molar-refractivity contribution < 1.29 is 9.59 Å². The fraction of sp³-hybridized carbons (Fsp3) is 0.522. The average Bonchev–Trinajstić information content (AvgIpc) is 3.34. The van der Waals surface area contributed by atoms with Crippen LogP contribution in [0.2, 0.25) is 0 Å². The minimum Gasteiger partial charge on any atom is -0.352 e. The highest BCUT2D eigenvalue weighted by Gasteiger charge is 2.61. The average molecular weight is 410 g/mol. The number of amides is 2. The number of nitrogens with one attached hydrogen (secondary N) is 2. The number of carbonyl (C=O) groups excluding carboxylic acids is 2. The van der Waals surface area contributed by atoms with Gasteiger partial charge in [0.2, 0.25) is 5.91 Å². The number of aromatic nitrogens is 1. The van der Waals surface area contributed by atoms with Crippen molar-refractivity contribution in [3.63, 3.8) is 0 Å². The molecule has 5 nitrogen and oxygen atoms in total. The van der Waals surface area contributed by atoms with Crippen molar-refractivity contribution in [3.05, 3.63) is 36.2 Å². The van der Waals surface area contributed by atoms with Gasteiger partial charge in [-0.3, -0.25) is 14.6 Å². The van der Waals surface area contributed by atoms with E-state index in [2.05, 4.69) is 15.6 Å². The molecular weight excluding hydrogens is 382 g/mol. The smallest absolute Gasteiger partial charge is 0.254 e. The Morgan fingerprint density at radius 2 is 1.90 bits per heavy atom. The van der Waals surface area contributed by atoms with E-state index in [1.165, 1.54) is 30.6 Å². The summed E-state index contributed by atoms with van der Waals surface area (Å²) in [6, 6.07) is 5.76. The summed E-state index contributed by atoms with van der Waals surface area (Å²) in [6.45, 7) is 2.66. The van der Waals surface area contributed by atoms with E-state index < -0.39 is 0 Å². The third-order valence-electron chi connectivity index (χ3n) is 7.15. The Bertz CT molecular complexity index is 925. The second kappa shape index (κ2) is 7.24. The van der Waals surface area contributed by atoms with Crippen LogP contribution in [0.3, 0.4) is 0 Å². The molecule has 2 aromatic rings. The van der Waals surface area contributed by atoms with Gasteiger partial charge in [0, 0.05) is 23.8 Å². The van der Waals surface area contributed by atoms with Crippen LogP contribution in [0.25, 0.3) is 10.4 Å². The van der Waals surface area contributed by atoms with E-state index >= 15 is 0 Å². The molecule has 4 fully saturated rings. The van der Waals surface area contributed by atoms with Crippen molar-refractivity contribution in [2.45, 2.75) is 45.4 Å². The number of thiophene rings is 1. The Morgan fingerprint density at radius 3 is 2.59 bits per heavy atom. The van der Waals surface area contributed by atoms with Crippen molar-refractivity contribution in [1.82, 2.24) is 10.3 Å². The van der Waals surface area contributed by atoms with Crippen molar-refractivity contribution in [3.8, 4) is 10.4 Å². The molecule has 2 atom stereocenters. The van der Waals surface area contributed by atoms with Gasteiger partial charge in [0.05, 0.1) is 11.0 Å². The predicted octanol–water partition coefficient (Wildman–Crippen LogP) is 4.71. The monoisotopic (exact) mass is 409 g/mol. The number of rotatable bonds is 6. The van der Waals surface area contributed by atoms with Crippen molar-refractivity contribution in [2.24, 2.45) is 23.2 Å². The molecule has 0 saturated heterocycles. The molecule has 6 heteroatoms. The molecule has 0 aromatic carbocycles. The summed E-state index contributed by atoms with van der Waals surface area (Å²) < 4.78 is 0. The number of hydrogen-bond donors (Lipinski definition) is 2. The maximum atomic E-state index is 13.5. The van der Waals surface area contributed by atoms with Gasteiger partial charge in [-0.1, -0.05) is 6.92 Å².